The van der Waals surface area contributed by atoms with Gasteiger partial charge in [0.2, 0.25) is 0 Å². The smallest absolute Gasteiger partial charge is 0.184 e. The molecule has 0 spiro atoms. The predicted molar refractivity (Wildman–Crippen MR) is 69.8 cm³/mol. The number of unbranched alkanes of at least 4 members (excludes halogenated alkanes) is 2. The molecule has 0 aromatic heterocycles. The lowest BCUT2D eigenvalue weighted by Gasteiger charge is -2.06. The maximum absolute atomic E-state index is 5.46. The summed E-state index contributed by atoms with van der Waals surface area (Å²) in [5.41, 5.74) is 14.5. The van der Waals surface area contributed by atoms with Crippen molar-refractivity contribution in [3.63, 3.8) is 0 Å². The second kappa shape index (κ2) is 9.86. The second-order valence-electron chi connectivity index (χ2n) is 3.50. The van der Waals surface area contributed by atoms with Gasteiger partial charge >= 0.3 is 0 Å². The molecule has 0 atom stereocenters. The van der Waals surface area contributed by atoms with Gasteiger partial charge in [0.05, 0.1) is 0 Å². The fourth-order valence-corrected chi connectivity index (χ4v) is 1.30. The van der Waals surface area contributed by atoms with E-state index in [2.05, 4.69) is 17.5 Å². The average molecular weight is 230 g/mol. The standard InChI is InChI=1S/C10H22N4S/c1-2-3-4-6-9(7-5-8-11)13-14-10(12)15/h2-8,11H2,1H3,(H3,12,14,15). The molecule has 0 aromatic rings. The Morgan fingerprint density at radius 1 is 1.27 bits per heavy atom. The highest BCUT2D eigenvalue weighted by molar-refractivity contribution is 7.80. The Kier molecular flexibility index (Phi) is 9.41. The molecular formula is C10H22N4S. The third-order valence-electron chi connectivity index (χ3n) is 2.06. The van der Waals surface area contributed by atoms with E-state index in [-0.39, 0.29) is 5.11 Å². The summed E-state index contributed by atoms with van der Waals surface area (Å²) in [4.78, 5) is 0. The monoisotopic (exact) mass is 230 g/mol. The molecule has 0 aliphatic rings. The van der Waals surface area contributed by atoms with Crippen LogP contribution in [0.4, 0.5) is 0 Å². The van der Waals surface area contributed by atoms with Crippen LogP contribution in [0.25, 0.3) is 0 Å². The van der Waals surface area contributed by atoms with E-state index in [0.717, 1.165) is 25.0 Å². The third-order valence-corrected chi connectivity index (χ3v) is 2.15. The minimum absolute atomic E-state index is 0.218. The molecule has 0 fully saturated rings. The van der Waals surface area contributed by atoms with E-state index in [4.69, 9.17) is 23.7 Å². The van der Waals surface area contributed by atoms with Gasteiger partial charge in [-0.15, -0.1) is 0 Å². The van der Waals surface area contributed by atoms with Gasteiger partial charge in [0, 0.05) is 5.71 Å². The van der Waals surface area contributed by atoms with Crippen molar-refractivity contribution >= 4 is 23.0 Å². The molecule has 5 heteroatoms. The lowest BCUT2D eigenvalue weighted by atomic mass is 10.1. The van der Waals surface area contributed by atoms with Crippen LogP contribution in [0.3, 0.4) is 0 Å². The normalized spacial score (nSPS) is 11.5. The maximum atomic E-state index is 5.46. The first kappa shape index (κ1) is 14.3. The largest absolute Gasteiger partial charge is 0.375 e. The topological polar surface area (TPSA) is 76.4 Å². The number of rotatable bonds is 8. The molecule has 0 radical (unpaired) electrons. The van der Waals surface area contributed by atoms with Gasteiger partial charge in [-0.05, 0) is 44.4 Å². The molecule has 0 aromatic carbocycles. The molecule has 88 valence electrons. The van der Waals surface area contributed by atoms with Gasteiger partial charge in [-0.3, -0.25) is 5.43 Å². The summed E-state index contributed by atoms with van der Waals surface area (Å²) in [5, 5.41) is 4.40. The van der Waals surface area contributed by atoms with Crippen molar-refractivity contribution < 1.29 is 0 Å². The van der Waals surface area contributed by atoms with Crippen molar-refractivity contribution in [2.45, 2.75) is 45.4 Å². The van der Waals surface area contributed by atoms with Crippen molar-refractivity contribution in [1.82, 2.24) is 5.43 Å². The number of nitrogens with two attached hydrogens (primary N) is 2. The molecule has 15 heavy (non-hydrogen) atoms. The molecule has 0 bridgehead atoms. The summed E-state index contributed by atoms with van der Waals surface area (Å²) in [6, 6.07) is 0. The molecule has 0 unspecified atom stereocenters. The van der Waals surface area contributed by atoms with Gasteiger partial charge < -0.3 is 11.5 Å². The highest BCUT2D eigenvalue weighted by Crippen LogP contribution is 2.04. The number of hydrogen-bond acceptors (Lipinski definition) is 3. The van der Waals surface area contributed by atoms with Crippen LogP contribution in [0.15, 0.2) is 5.10 Å². The minimum Gasteiger partial charge on any atom is -0.375 e. The van der Waals surface area contributed by atoms with Crippen LogP contribution in [0.2, 0.25) is 0 Å². The fraction of sp³-hybridized carbons (Fsp3) is 0.800. The zero-order valence-corrected chi connectivity index (χ0v) is 10.3. The first-order valence-electron chi connectivity index (χ1n) is 5.51. The van der Waals surface area contributed by atoms with Gasteiger partial charge in [-0.1, -0.05) is 19.8 Å². The van der Waals surface area contributed by atoms with E-state index in [1.807, 2.05) is 0 Å². The van der Waals surface area contributed by atoms with Crippen LogP contribution >= 0.6 is 12.2 Å². The van der Waals surface area contributed by atoms with Crippen molar-refractivity contribution in [1.29, 1.82) is 0 Å². The molecule has 0 aliphatic heterocycles. The second-order valence-corrected chi connectivity index (χ2v) is 3.94. The third kappa shape index (κ3) is 9.62. The maximum Gasteiger partial charge on any atom is 0.184 e. The van der Waals surface area contributed by atoms with E-state index in [1.54, 1.807) is 0 Å². The number of hydrogen-bond donors (Lipinski definition) is 3. The molecule has 0 heterocycles. The highest BCUT2D eigenvalue weighted by atomic mass is 32.1. The molecule has 5 N–H and O–H groups in total. The van der Waals surface area contributed by atoms with E-state index in [9.17, 15) is 0 Å². The van der Waals surface area contributed by atoms with Gasteiger partial charge in [0.1, 0.15) is 0 Å². The first-order chi connectivity index (χ1) is 7.20. The van der Waals surface area contributed by atoms with Crippen molar-refractivity contribution in [2.75, 3.05) is 6.54 Å². The summed E-state index contributed by atoms with van der Waals surface area (Å²) >= 11 is 4.70. The minimum atomic E-state index is 0.218. The molecular weight excluding hydrogens is 208 g/mol. The van der Waals surface area contributed by atoms with Crippen LogP contribution in [0.5, 0.6) is 0 Å². The molecule has 0 saturated heterocycles. The lowest BCUT2D eigenvalue weighted by Crippen LogP contribution is -2.25. The van der Waals surface area contributed by atoms with Gasteiger partial charge in [-0.2, -0.15) is 5.10 Å². The zero-order chi connectivity index (χ0) is 11.5. The van der Waals surface area contributed by atoms with Crippen LogP contribution in [-0.4, -0.2) is 17.4 Å². The number of nitrogens with zero attached hydrogens (tertiary/aromatic N) is 1. The van der Waals surface area contributed by atoms with Crippen LogP contribution in [0, 0.1) is 0 Å². The quantitative estimate of drug-likeness (QED) is 0.255. The molecule has 0 aliphatic carbocycles. The predicted octanol–water partition coefficient (Wildman–Crippen LogP) is 1.49. The Morgan fingerprint density at radius 2 is 1.93 bits per heavy atom. The molecule has 0 amide bonds. The Balaban J connectivity index is 3.93. The SMILES string of the molecule is CCCCCC(CCCN)=NNC(N)=S. The fourth-order valence-electron chi connectivity index (χ4n) is 1.26. The summed E-state index contributed by atoms with van der Waals surface area (Å²) in [5.74, 6) is 0. The Morgan fingerprint density at radius 3 is 2.47 bits per heavy atom. The number of hydrazone groups is 1. The number of thiocarbonyl (C=S) groups is 1. The van der Waals surface area contributed by atoms with E-state index in [1.165, 1.54) is 19.3 Å². The van der Waals surface area contributed by atoms with Crippen molar-refractivity contribution in [2.24, 2.45) is 16.6 Å². The summed E-state index contributed by atoms with van der Waals surface area (Å²) in [7, 11) is 0. The summed E-state index contributed by atoms with van der Waals surface area (Å²) < 4.78 is 0. The van der Waals surface area contributed by atoms with E-state index in [0.29, 0.717) is 6.54 Å². The Labute approximate surface area is 97.5 Å². The van der Waals surface area contributed by atoms with E-state index >= 15 is 0 Å². The molecule has 0 rings (SSSR count). The summed E-state index contributed by atoms with van der Waals surface area (Å²) in [6.45, 7) is 2.88. The zero-order valence-electron chi connectivity index (χ0n) is 9.46. The first-order valence-corrected chi connectivity index (χ1v) is 5.92. The van der Waals surface area contributed by atoms with Crippen LogP contribution < -0.4 is 16.9 Å². The van der Waals surface area contributed by atoms with E-state index < -0.39 is 0 Å². The summed E-state index contributed by atoms with van der Waals surface area (Å²) in [6.07, 6.45) is 6.50. The molecule has 0 saturated carbocycles. The number of nitrogens with one attached hydrogen (secondary N) is 1. The van der Waals surface area contributed by atoms with Gasteiger partial charge in [0.15, 0.2) is 5.11 Å². The van der Waals surface area contributed by atoms with Crippen LogP contribution in [-0.2, 0) is 0 Å². The highest BCUT2D eigenvalue weighted by Gasteiger charge is 1.99. The lowest BCUT2D eigenvalue weighted by molar-refractivity contribution is 0.727. The van der Waals surface area contributed by atoms with Crippen molar-refractivity contribution in [3.05, 3.63) is 0 Å². The molecule has 4 nitrogen and oxygen atoms in total. The Bertz CT molecular complexity index is 204. The van der Waals surface area contributed by atoms with Gasteiger partial charge in [-0.25, -0.2) is 0 Å². The van der Waals surface area contributed by atoms with Crippen LogP contribution in [0.1, 0.15) is 45.4 Å². The van der Waals surface area contributed by atoms with Gasteiger partial charge in [0.25, 0.3) is 0 Å². The Hall–Kier alpha value is -0.680. The average Bonchev–Trinajstić information content (AvgIpc) is 2.21. The van der Waals surface area contributed by atoms with Crippen molar-refractivity contribution in [3.8, 4) is 0 Å².